The fourth-order valence-electron chi connectivity index (χ4n) is 8.10. The Morgan fingerprint density at radius 3 is 1.65 bits per heavy atom. The number of benzene rings is 4. The molecule has 19 heteroatoms. The molecule has 2 unspecified atom stereocenters. The van der Waals surface area contributed by atoms with Gasteiger partial charge in [-0.3, -0.25) is 9.59 Å². The van der Waals surface area contributed by atoms with Crippen molar-refractivity contribution in [2.45, 2.75) is 58.0 Å². The van der Waals surface area contributed by atoms with E-state index in [9.17, 15) is 22.8 Å². The second-order valence-corrected chi connectivity index (χ2v) is 17.5. The Morgan fingerprint density at radius 1 is 0.697 bits per heavy atom. The molecule has 2 atom stereocenters. The first kappa shape index (κ1) is 46.5. The predicted molar refractivity (Wildman–Crippen MR) is 251 cm³/mol. The van der Waals surface area contributed by atoms with Crippen LogP contribution in [0.25, 0.3) is 21.8 Å². The molecule has 2 fully saturated rings. The molecule has 14 nitrogen and oxygen atoms in total. The molecule has 2 aliphatic heterocycles. The first-order valence-electron chi connectivity index (χ1n) is 21.5. The summed E-state index contributed by atoms with van der Waals surface area (Å²) >= 11 is 13.0. The number of nitrogens with one attached hydrogen (secondary N) is 3. The van der Waals surface area contributed by atoms with Crippen LogP contribution in [0.3, 0.4) is 0 Å². The van der Waals surface area contributed by atoms with E-state index in [0.717, 1.165) is 69.8 Å². The minimum atomic E-state index is -4.72. The lowest BCUT2D eigenvalue weighted by Gasteiger charge is -2.35. The zero-order valence-electron chi connectivity index (χ0n) is 37.0. The van der Waals surface area contributed by atoms with Gasteiger partial charge in [0.2, 0.25) is 24.1 Å². The second-order valence-electron chi connectivity index (χ2n) is 16.7. The largest absolute Gasteiger partial charge is 0.474 e. The van der Waals surface area contributed by atoms with Crippen molar-refractivity contribution in [3.05, 3.63) is 105 Å². The number of rotatable bonds is 12. The standard InChI is InChI=1S/C47H49Cl2F3N10O4/c1-26-6-12-39(35(48)22-26)65-41(43(63)56-30-8-10-37-33(24-30)27(2)54-45(58-37)61-18-14-32(15-19-61)60(4)5)42(66-40-13-7-29(23-36(40)49)47(50,51)52)44(64)57-31-9-11-38-34(25-31)28(3)55-46(59-38)62-20-16-53-17-21-62/h6-13,22-25,32,41-42,53H,14-21H2,1-5H3,(H,56,63)(H,57,64). The highest BCUT2D eigenvalue weighted by Gasteiger charge is 2.40. The molecule has 4 heterocycles. The number of carbonyl (C=O) groups excluding carboxylic acids is 2. The Labute approximate surface area is 389 Å². The highest BCUT2D eigenvalue weighted by Crippen LogP contribution is 2.37. The molecular weight excluding hydrogens is 896 g/mol. The van der Waals surface area contributed by atoms with Crippen LogP contribution in [0.1, 0.15) is 35.4 Å². The van der Waals surface area contributed by atoms with E-state index >= 15 is 0 Å². The summed E-state index contributed by atoms with van der Waals surface area (Å²) in [6, 6.07) is 18.0. The predicted octanol–water partition coefficient (Wildman–Crippen LogP) is 8.24. The number of amides is 2. The van der Waals surface area contributed by atoms with E-state index < -0.39 is 40.8 Å². The lowest BCUT2D eigenvalue weighted by atomic mass is 10.0. The van der Waals surface area contributed by atoms with Crippen LogP contribution in [0.4, 0.5) is 36.4 Å². The molecule has 66 heavy (non-hydrogen) atoms. The van der Waals surface area contributed by atoms with Gasteiger partial charge < -0.3 is 40.1 Å². The summed E-state index contributed by atoms with van der Waals surface area (Å²) in [5.74, 6) is -0.809. The van der Waals surface area contributed by atoms with Gasteiger partial charge in [0.25, 0.3) is 11.8 Å². The van der Waals surface area contributed by atoms with Crippen LogP contribution in [0.15, 0.2) is 72.8 Å². The van der Waals surface area contributed by atoms with Gasteiger partial charge in [-0.05, 0) is 120 Å². The number of aromatic nitrogens is 4. The molecule has 0 spiro atoms. The Morgan fingerprint density at radius 2 is 1.18 bits per heavy atom. The van der Waals surface area contributed by atoms with Gasteiger partial charge in [-0.15, -0.1) is 0 Å². The van der Waals surface area contributed by atoms with Crippen molar-refractivity contribution in [2.75, 3.05) is 73.8 Å². The molecular formula is C47H49Cl2F3N10O4. The summed E-state index contributed by atoms with van der Waals surface area (Å²) in [5, 5.41) is 10.00. The van der Waals surface area contributed by atoms with Crippen LogP contribution in [0.2, 0.25) is 10.0 Å². The number of fused-ring (bicyclic) bond motifs is 2. The number of halogens is 5. The van der Waals surface area contributed by atoms with Gasteiger partial charge in [-0.2, -0.15) is 13.2 Å². The van der Waals surface area contributed by atoms with Crippen molar-refractivity contribution in [3.63, 3.8) is 0 Å². The number of alkyl halides is 3. The maximum absolute atomic E-state index is 14.7. The average Bonchev–Trinajstić information content (AvgIpc) is 3.28. The molecule has 0 saturated carbocycles. The van der Waals surface area contributed by atoms with Crippen molar-refractivity contribution in [1.82, 2.24) is 30.2 Å². The number of hydrogen-bond donors (Lipinski definition) is 3. The maximum Gasteiger partial charge on any atom is 0.416 e. The molecule has 6 aromatic rings. The maximum atomic E-state index is 14.7. The quantitative estimate of drug-likeness (QED) is 0.109. The number of anilines is 4. The van der Waals surface area contributed by atoms with E-state index in [4.69, 9.17) is 52.6 Å². The number of piperidine rings is 1. The normalized spacial score (nSPS) is 15.8. The minimum absolute atomic E-state index is 0.0333. The van der Waals surface area contributed by atoms with E-state index in [-0.39, 0.29) is 16.5 Å². The van der Waals surface area contributed by atoms with Gasteiger partial charge in [-0.25, -0.2) is 19.9 Å². The van der Waals surface area contributed by atoms with Gasteiger partial charge in [-0.1, -0.05) is 29.3 Å². The lowest BCUT2D eigenvalue weighted by molar-refractivity contribution is -0.137. The van der Waals surface area contributed by atoms with Gasteiger partial charge in [0, 0.05) is 67.5 Å². The zero-order valence-corrected chi connectivity index (χ0v) is 38.5. The Hall–Kier alpha value is -6.01. The summed E-state index contributed by atoms with van der Waals surface area (Å²) in [5.41, 5.74) is 3.03. The topological polar surface area (TPSA) is 150 Å². The summed E-state index contributed by atoms with van der Waals surface area (Å²) in [4.78, 5) is 55.1. The monoisotopic (exact) mass is 944 g/mol. The first-order valence-corrected chi connectivity index (χ1v) is 22.3. The lowest BCUT2D eigenvalue weighted by Crippen LogP contribution is -2.51. The number of carbonyl (C=O) groups is 2. The molecule has 0 radical (unpaired) electrons. The minimum Gasteiger partial charge on any atom is -0.474 e. The van der Waals surface area contributed by atoms with Gasteiger partial charge in [0.05, 0.1) is 38.0 Å². The molecule has 2 aromatic heterocycles. The summed E-state index contributed by atoms with van der Waals surface area (Å²) in [7, 11) is 4.17. The number of aryl methyl sites for hydroxylation is 3. The Kier molecular flexibility index (Phi) is 13.7. The molecule has 2 aliphatic rings. The van der Waals surface area contributed by atoms with E-state index in [0.29, 0.717) is 68.6 Å². The molecule has 0 bridgehead atoms. The third-order valence-corrected chi connectivity index (χ3v) is 12.4. The molecule has 8 rings (SSSR count). The highest BCUT2D eigenvalue weighted by molar-refractivity contribution is 6.32. The van der Waals surface area contributed by atoms with E-state index in [1.165, 1.54) is 6.07 Å². The molecule has 2 amide bonds. The van der Waals surface area contributed by atoms with Crippen LogP contribution < -0.4 is 35.2 Å². The summed E-state index contributed by atoms with van der Waals surface area (Å²) < 4.78 is 53.7. The van der Waals surface area contributed by atoms with Crippen molar-refractivity contribution in [3.8, 4) is 11.5 Å². The molecule has 0 aliphatic carbocycles. The van der Waals surface area contributed by atoms with Gasteiger partial charge in [0.15, 0.2) is 0 Å². The molecule has 2 saturated heterocycles. The number of hydrogen-bond acceptors (Lipinski definition) is 12. The smallest absolute Gasteiger partial charge is 0.416 e. The summed E-state index contributed by atoms with van der Waals surface area (Å²) in [6.07, 6.45) is -6.46. The fourth-order valence-corrected chi connectivity index (χ4v) is 8.60. The Balaban J connectivity index is 1.13. The van der Waals surface area contributed by atoms with Gasteiger partial charge >= 0.3 is 6.18 Å². The van der Waals surface area contributed by atoms with Gasteiger partial charge in [0.1, 0.15) is 11.5 Å². The van der Waals surface area contributed by atoms with E-state index in [1.54, 1.807) is 48.5 Å². The molecule has 346 valence electrons. The van der Waals surface area contributed by atoms with Crippen molar-refractivity contribution in [1.29, 1.82) is 0 Å². The molecule has 3 N–H and O–H groups in total. The average molecular weight is 946 g/mol. The first-order chi connectivity index (χ1) is 31.5. The van der Waals surface area contributed by atoms with Crippen LogP contribution in [-0.4, -0.2) is 108 Å². The number of piperazine rings is 1. The SMILES string of the molecule is Cc1ccc(OC(C(=O)Nc2ccc3nc(N4CCC(N(C)C)CC4)nc(C)c3c2)C(Oc2ccc(C(F)(F)F)cc2Cl)C(=O)Nc2ccc3nc(N4CCNCC4)nc(C)c3c2)c(Cl)c1. The van der Waals surface area contributed by atoms with Crippen molar-refractivity contribution >= 4 is 80.1 Å². The third kappa shape index (κ3) is 10.5. The number of nitrogens with zero attached hydrogens (tertiary/aromatic N) is 7. The Bertz CT molecular complexity index is 2780. The highest BCUT2D eigenvalue weighted by atomic mass is 35.5. The van der Waals surface area contributed by atoms with E-state index in [2.05, 4.69) is 44.7 Å². The molecule has 4 aromatic carbocycles. The third-order valence-electron chi connectivity index (χ3n) is 11.8. The van der Waals surface area contributed by atoms with Crippen LogP contribution in [0, 0.1) is 20.8 Å². The zero-order chi connectivity index (χ0) is 46.9. The van der Waals surface area contributed by atoms with E-state index in [1.807, 2.05) is 20.8 Å². The van der Waals surface area contributed by atoms with Crippen LogP contribution in [0.5, 0.6) is 11.5 Å². The van der Waals surface area contributed by atoms with Crippen molar-refractivity contribution in [2.24, 2.45) is 0 Å². The second kappa shape index (κ2) is 19.5. The number of ether oxygens (including phenoxy) is 2. The van der Waals surface area contributed by atoms with Crippen molar-refractivity contribution < 1.29 is 32.2 Å². The summed E-state index contributed by atoms with van der Waals surface area (Å²) in [6.45, 7) is 10.3. The fraction of sp³-hybridized carbons (Fsp3) is 0.362. The van der Waals surface area contributed by atoms with Crippen LogP contribution >= 0.6 is 23.2 Å². The van der Waals surface area contributed by atoms with Crippen LogP contribution in [-0.2, 0) is 15.8 Å².